The largest absolute Gasteiger partial charge is 0.383 e. The van der Waals surface area contributed by atoms with Gasteiger partial charge in [-0.1, -0.05) is 11.6 Å². The van der Waals surface area contributed by atoms with Crippen molar-refractivity contribution in [1.29, 1.82) is 0 Å². The summed E-state index contributed by atoms with van der Waals surface area (Å²) in [5.41, 5.74) is 3.93. The third-order valence-corrected chi connectivity index (χ3v) is 9.01. The lowest BCUT2D eigenvalue weighted by Crippen LogP contribution is -2.44. The molecule has 13 heteroatoms. The van der Waals surface area contributed by atoms with Gasteiger partial charge in [0.15, 0.2) is 5.82 Å². The molecule has 2 aliphatic heterocycles. The Morgan fingerprint density at radius 1 is 1.12 bits per heavy atom. The van der Waals surface area contributed by atoms with E-state index in [9.17, 15) is 4.57 Å². The zero-order valence-electron chi connectivity index (χ0n) is 23.3. The number of nitrogens with zero attached hydrogens (tertiary/aromatic N) is 7. The summed E-state index contributed by atoms with van der Waals surface area (Å²) in [6, 6.07) is 4.01. The van der Waals surface area contributed by atoms with Crippen LogP contribution in [-0.4, -0.2) is 88.8 Å². The van der Waals surface area contributed by atoms with Gasteiger partial charge in [-0.05, 0) is 45.2 Å². The van der Waals surface area contributed by atoms with Gasteiger partial charge in [-0.2, -0.15) is 10.1 Å². The van der Waals surface area contributed by atoms with Gasteiger partial charge in [0.1, 0.15) is 17.7 Å². The van der Waals surface area contributed by atoms with Gasteiger partial charge in [0.2, 0.25) is 5.95 Å². The van der Waals surface area contributed by atoms with Crippen molar-refractivity contribution in [3.63, 3.8) is 0 Å². The number of hydrogen-bond acceptors (Lipinski definition) is 11. The molecule has 1 aromatic carbocycles. The van der Waals surface area contributed by atoms with Gasteiger partial charge < -0.3 is 24.8 Å². The van der Waals surface area contributed by atoms with Crippen LogP contribution in [0.15, 0.2) is 47.2 Å². The van der Waals surface area contributed by atoms with Crippen LogP contribution in [0.4, 0.5) is 17.5 Å². The maximum absolute atomic E-state index is 13.3. The molecule has 1 fully saturated rings. The summed E-state index contributed by atoms with van der Waals surface area (Å²) >= 11 is 6.51. The number of aromatic nitrogens is 4. The minimum Gasteiger partial charge on any atom is -0.383 e. The average Bonchev–Trinajstić information content (AvgIpc) is 2.94. The lowest BCUT2D eigenvalue weighted by atomic mass is 10.0. The molecule has 0 radical (unpaired) electrons. The number of piperidine rings is 1. The number of hydrogen-bond donors (Lipinski definition) is 2. The molecular formula is C27H35ClN9O2P. The Hall–Kier alpha value is -3.11. The second-order valence-electron chi connectivity index (χ2n) is 10.4. The van der Waals surface area contributed by atoms with Crippen molar-refractivity contribution in [2.45, 2.75) is 32.2 Å². The zero-order chi connectivity index (χ0) is 28.3. The van der Waals surface area contributed by atoms with Gasteiger partial charge in [0.25, 0.3) is 0 Å². The first-order chi connectivity index (χ1) is 19.2. The number of rotatable bonds is 9. The first kappa shape index (κ1) is 28.4. The molecule has 11 nitrogen and oxygen atoms in total. The highest BCUT2D eigenvalue weighted by atomic mass is 35.5. The molecule has 2 aliphatic rings. The van der Waals surface area contributed by atoms with Crippen LogP contribution in [0, 0.1) is 0 Å². The molecule has 0 atom stereocenters. The quantitative estimate of drug-likeness (QED) is 0.348. The molecule has 0 unspecified atom stereocenters. The van der Waals surface area contributed by atoms with E-state index in [1.54, 1.807) is 39.0 Å². The fraction of sp³-hybridized carbons (Fsp3) is 0.444. The smallest absolute Gasteiger partial charge is 0.229 e. The van der Waals surface area contributed by atoms with Crippen LogP contribution in [0.25, 0.3) is 11.0 Å². The monoisotopic (exact) mass is 583 g/mol. The van der Waals surface area contributed by atoms with Crippen LogP contribution in [0.5, 0.6) is 0 Å². The average molecular weight is 584 g/mol. The van der Waals surface area contributed by atoms with Crippen LogP contribution in [0.2, 0.25) is 5.02 Å². The summed E-state index contributed by atoms with van der Waals surface area (Å²) < 4.78 is 18.5. The maximum atomic E-state index is 13.3. The second-order valence-corrected chi connectivity index (χ2v) is 13.9. The van der Waals surface area contributed by atoms with E-state index in [0.717, 1.165) is 50.5 Å². The highest BCUT2D eigenvalue weighted by Crippen LogP contribution is 2.41. The summed E-state index contributed by atoms with van der Waals surface area (Å²) in [7, 11) is -0.995. The molecular weight excluding hydrogens is 549 g/mol. The number of benzene rings is 1. The molecule has 3 aromatic rings. The number of methoxy groups -OCH3 is 1. The first-order valence-corrected chi connectivity index (χ1v) is 16.3. The molecule has 0 spiro atoms. The summed E-state index contributed by atoms with van der Waals surface area (Å²) in [6.07, 6.45) is 9.41. The van der Waals surface area contributed by atoms with E-state index in [2.05, 4.69) is 47.4 Å². The van der Waals surface area contributed by atoms with Crippen molar-refractivity contribution in [2.75, 3.05) is 57.3 Å². The first-order valence-electron chi connectivity index (χ1n) is 13.3. The third kappa shape index (κ3) is 6.28. The fourth-order valence-electron chi connectivity index (χ4n) is 5.16. The van der Waals surface area contributed by atoms with Crippen LogP contribution < -0.4 is 15.9 Å². The molecule has 4 heterocycles. The fourth-order valence-corrected chi connectivity index (χ4v) is 6.69. The number of anilines is 3. The van der Waals surface area contributed by atoms with E-state index in [1.165, 1.54) is 0 Å². The van der Waals surface area contributed by atoms with E-state index >= 15 is 0 Å². The van der Waals surface area contributed by atoms with Crippen LogP contribution >= 0.6 is 18.7 Å². The molecule has 2 aromatic heterocycles. The number of likely N-dealkylation sites (tertiary alicyclic amines) is 1. The highest BCUT2D eigenvalue weighted by Gasteiger charge is 2.28. The normalized spacial score (nSPS) is 17.1. The number of halogens is 1. The predicted octanol–water partition coefficient (Wildman–Crippen LogP) is 4.51. The minimum absolute atomic E-state index is 0.337. The number of nitrogens with one attached hydrogen (secondary N) is 2. The van der Waals surface area contributed by atoms with Gasteiger partial charge in [0, 0.05) is 57.5 Å². The predicted molar refractivity (Wildman–Crippen MR) is 162 cm³/mol. The van der Waals surface area contributed by atoms with E-state index in [4.69, 9.17) is 21.4 Å². The Morgan fingerprint density at radius 2 is 1.90 bits per heavy atom. The Morgan fingerprint density at radius 3 is 2.65 bits per heavy atom. The van der Waals surface area contributed by atoms with E-state index in [-0.39, 0.29) is 0 Å². The van der Waals surface area contributed by atoms with Crippen molar-refractivity contribution in [3.05, 3.63) is 47.1 Å². The number of ether oxygens (including phenoxy) is 1. The Bertz CT molecular complexity index is 1480. The molecule has 212 valence electrons. The van der Waals surface area contributed by atoms with Gasteiger partial charge in [0.05, 0.1) is 41.1 Å². The topological polar surface area (TPSA) is 121 Å². The maximum Gasteiger partial charge on any atom is 0.229 e. The van der Waals surface area contributed by atoms with Crippen LogP contribution in [-0.2, 0) is 9.30 Å². The van der Waals surface area contributed by atoms with E-state index in [0.29, 0.717) is 51.3 Å². The van der Waals surface area contributed by atoms with Crippen LogP contribution in [0.1, 0.15) is 26.2 Å². The van der Waals surface area contributed by atoms with E-state index in [1.807, 2.05) is 18.3 Å². The Labute approximate surface area is 239 Å². The summed E-state index contributed by atoms with van der Waals surface area (Å²) in [4.78, 5) is 20.3. The Balaban J connectivity index is 1.35. The van der Waals surface area contributed by atoms with Crippen molar-refractivity contribution < 1.29 is 9.30 Å². The van der Waals surface area contributed by atoms with Crippen molar-refractivity contribution in [2.24, 2.45) is 5.10 Å². The molecule has 0 saturated carbocycles. The summed E-state index contributed by atoms with van der Waals surface area (Å²) in [6.45, 7) is 9.27. The standard InChI is InChI=1S/C27H35ClN9O2P/c1-18-21(7-10-32-37(18)19-8-13-36(14-9-19)15-16-39-2)34-27-31-17-20(28)26(35-27)33-23-6-5-22-24(30-12-11-29-22)25(23)40(3,4)38/h5-6,10-12,17,19H,7-9,13-16H2,1-4H3,(H2,31,33,34,35). The lowest BCUT2D eigenvalue weighted by Gasteiger charge is -2.39. The Kier molecular flexibility index (Phi) is 8.65. The van der Waals surface area contributed by atoms with Crippen molar-refractivity contribution in [1.82, 2.24) is 29.8 Å². The van der Waals surface area contributed by atoms with Crippen molar-refractivity contribution in [3.8, 4) is 0 Å². The molecule has 2 N–H and O–H groups in total. The van der Waals surface area contributed by atoms with Crippen LogP contribution in [0.3, 0.4) is 0 Å². The summed E-state index contributed by atoms with van der Waals surface area (Å²) in [5.74, 6) is 0.810. The second kappa shape index (κ2) is 12.2. The number of fused-ring (bicyclic) bond motifs is 1. The van der Waals surface area contributed by atoms with Crippen molar-refractivity contribution >= 4 is 58.7 Å². The molecule has 0 aliphatic carbocycles. The van der Waals surface area contributed by atoms with E-state index < -0.39 is 7.14 Å². The van der Waals surface area contributed by atoms with Gasteiger partial charge in [-0.3, -0.25) is 15.0 Å². The third-order valence-electron chi connectivity index (χ3n) is 7.21. The zero-order valence-corrected chi connectivity index (χ0v) is 24.9. The van der Waals surface area contributed by atoms with Gasteiger partial charge in [-0.25, -0.2) is 4.98 Å². The van der Waals surface area contributed by atoms with Gasteiger partial charge in [-0.15, -0.1) is 0 Å². The van der Waals surface area contributed by atoms with Gasteiger partial charge >= 0.3 is 0 Å². The lowest BCUT2D eigenvalue weighted by molar-refractivity contribution is 0.100. The molecule has 40 heavy (non-hydrogen) atoms. The highest BCUT2D eigenvalue weighted by molar-refractivity contribution is 7.71. The minimum atomic E-state index is -2.74. The SMILES string of the molecule is COCCN1CCC(N2N=CCC(Nc3ncc(Cl)c(Nc4ccc5nccnc5c4P(C)(C)=O)n3)=C2C)CC1. The molecule has 0 bridgehead atoms. The molecule has 0 amide bonds. The number of allylic oxidation sites excluding steroid dienone is 2. The molecule has 1 saturated heterocycles. The molecule has 5 rings (SSSR count). The number of hydrazone groups is 1. The summed E-state index contributed by atoms with van der Waals surface area (Å²) in [5, 5.41) is 14.4.